The van der Waals surface area contributed by atoms with Crippen molar-refractivity contribution in [1.82, 2.24) is 19.4 Å². The van der Waals surface area contributed by atoms with E-state index in [2.05, 4.69) is 52.4 Å². The zero-order valence-corrected chi connectivity index (χ0v) is 22.3. The Labute approximate surface area is 219 Å². The lowest BCUT2D eigenvalue weighted by molar-refractivity contribution is 0.158. The first-order valence-electron chi connectivity index (χ1n) is 12.3. The van der Waals surface area contributed by atoms with E-state index < -0.39 is 0 Å². The van der Waals surface area contributed by atoms with Gasteiger partial charge in [0.05, 0.1) is 17.4 Å². The molecule has 1 aliphatic heterocycles. The first kappa shape index (κ1) is 24.5. The maximum absolute atomic E-state index is 13.5. The van der Waals surface area contributed by atoms with Gasteiger partial charge in [0.15, 0.2) is 5.43 Å². The average Bonchev–Trinajstić information content (AvgIpc) is 2.87. The number of hydrogen-bond donors (Lipinski definition) is 1. The Hall–Kier alpha value is -3.23. The number of rotatable bonds is 6. The van der Waals surface area contributed by atoms with Gasteiger partial charge in [-0.2, -0.15) is 0 Å². The molecule has 1 aromatic carbocycles. The lowest BCUT2D eigenvalue weighted by Gasteiger charge is -2.40. The van der Waals surface area contributed by atoms with Crippen LogP contribution in [0.25, 0.3) is 10.9 Å². The van der Waals surface area contributed by atoms with Crippen molar-refractivity contribution < 1.29 is 0 Å². The van der Waals surface area contributed by atoms with E-state index in [0.717, 1.165) is 64.8 Å². The molecular formula is C28H31BrN6O. The number of nitrogens with zero attached hydrogens (tertiary/aromatic N) is 5. The van der Waals surface area contributed by atoms with Crippen molar-refractivity contribution in [2.45, 2.75) is 38.9 Å². The number of aromatic nitrogens is 3. The Balaban J connectivity index is 1.48. The van der Waals surface area contributed by atoms with Crippen LogP contribution in [-0.4, -0.2) is 38.6 Å². The molecule has 2 N–H and O–H groups in total. The molecule has 0 bridgehead atoms. The molecule has 3 aromatic heterocycles. The minimum absolute atomic E-state index is 0.0990. The van der Waals surface area contributed by atoms with Crippen molar-refractivity contribution in [2.24, 2.45) is 7.05 Å². The fourth-order valence-electron chi connectivity index (χ4n) is 5.18. The van der Waals surface area contributed by atoms with Crippen LogP contribution in [0.2, 0.25) is 0 Å². The number of hydrogen-bond acceptors (Lipinski definition) is 6. The Kier molecular flexibility index (Phi) is 7.07. The van der Waals surface area contributed by atoms with Gasteiger partial charge in [-0.25, -0.2) is 4.98 Å². The highest BCUT2D eigenvalue weighted by molar-refractivity contribution is 9.10. The molecule has 4 aromatic rings. The molecule has 1 saturated heterocycles. The van der Waals surface area contributed by atoms with E-state index in [1.165, 1.54) is 5.56 Å². The Bertz CT molecular complexity index is 1430. The quantitative estimate of drug-likeness (QED) is 0.379. The molecule has 7 nitrogen and oxygen atoms in total. The second-order valence-corrected chi connectivity index (χ2v) is 10.6. The third kappa shape index (κ3) is 5.29. The summed E-state index contributed by atoms with van der Waals surface area (Å²) in [5.41, 5.74) is 10.9. The van der Waals surface area contributed by atoms with E-state index in [4.69, 9.17) is 5.73 Å². The second kappa shape index (κ2) is 10.4. The number of nitrogen functional groups attached to an aromatic ring is 1. The minimum Gasteiger partial charge on any atom is -0.384 e. The second-order valence-electron chi connectivity index (χ2n) is 9.65. The SMILES string of the molecule is Cc1cc(CN(Cc2cn(C)c3cc(Br)ccc3c2=O)[C@H]2CCCN(c3ccc(N)nc3)C2)ccn1. The topological polar surface area (TPSA) is 80.3 Å². The lowest BCUT2D eigenvalue weighted by Crippen LogP contribution is -2.48. The molecule has 1 fully saturated rings. The van der Waals surface area contributed by atoms with Gasteiger partial charge in [0.25, 0.3) is 0 Å². The average molecular weight is 548 g/mol. The molecule has 0 amide bonds. The molecule has 1 aliphatic rings. The molecule has 8 heteroatoms. The zero-order chi connectivity index (χ0) is 25.2. The molecule has 0 aliphatic carbocycles. The highest BCUT2D eigenvalue weighted by Gasteiger charge is 2.27. The molecule has 0 radical (unpaired) electrons. The van der Waals surface area contributed by atoms with Gasteiger partial charge in [0.2, 0.25) is 0 Å². The van der Waals surface area contributed by atoms with Crippen molar-refractivity contribution in [2.75, 3.05) is 23.7 Å². The van der Waals surface area contributed by atoms with Gasteiger partial charge in [0, 0.05) is 72.8 Å². The molecular weight excluding hydrogens is 516 g/mol. The number of halogens is 1. The van der Waals surface area contributed by atoms with Crippen molar-refractivity contribution in [3.05, 3.63) is 92.6 Å². The fourth-order valence-corrected chi connectivity index (χ4v) is 5.53. The van der Waals surface area contributed by atoms with Crippen LogP contribution in [0.1, 0.15) is 29.7 Å². The molecule has 0 spiro atoms. The largest absolute Gasteiger partial charge is 0.384 e. The fraction of sp³-hybridized carbons (Fsp3) is 0.321. The summed E-state index contributed by atoms with van der Waals surface area (Å²) in [6.07, 6.45) is 7.86. The van der Waals surface area contributed by atoms with Crippen LogP contribution in [0.5, 0.6) is 0 Å². The normalized spacial score (nSPS) is 16.1. The monoisotopic (exact) mass is 546 g/mol. The van der Waals surface area contributed by atoms with Gasteiger partial charge in [-0.1, -0.05) is 15.9 Å². The van der Waals surface area contributed by atoms with Crippen molar-refractivity contribution in [3.8, 4) is 0 Å². The van der Waals surface area contributed by atoms with Gasteiger partial charge in [-0.05, 0) is 67.8 Å². The number of piperidine rings is 1. The third-order valence-electron chi connectivity index (χ3n) is 6.99. The van der Waals surface area contributed by atoms with Crippen molar-refractivity contribution in [1.29, 1.82) is 0 Å². The molecule has 4 heterocycles. The molecule has 0 unspecified atom stereocenters. The van der Waals surface area contributed by atoms with Crippen LogP contribution in [0.15, 0.2) is 70.3 Å². The standard InChI is InChI=1S/C28H31BrN6O/c1-19-12-20(9-10-31-19)15-35(24-4-3-11-34(18-24)23-6-8-27(30)32-14-23)17-21-16-33(2)26-13-22(29)5-7-25(26)28(21)36/h5-10,12-14,16,24H,3-4,11,15,17-18H2,1-2H3,(H2,30,32)/t24-/m0/s1. The van der Waals surface area contributed by atoms with E-state index >= 15 is 0 Å². The molecule has 5 rings (SSSR count). The summed E-state index contributed by atoms with van der Waals surface area (Å²) in [6, 6.07) is 14.2. The van der Waals surface area contributed by atoms with Gasteiger partial charge < -0.3 is 15.2 Å². The Morgan fingerprint density at radius 3 is 2.78 bits per heavy atom. The minimum atomic E-state index is 0.0990. The zero-order valence-electron chi connectivity index (χ0n) is 20.7. The highest BCUT2D eigenvalue weighted by Crippen LogP contribution is 2.25. The van der Waals surface area contributed by atoms with Crippen LogP contribution in [-0.2, 0) is 20.1 Å². The summed E-state index contributed by atoms with van der Waals surface area (Å²) >= 11 is 3.53. The van der Waals surface area contributed by atoms with Crippen LogP contribution in [0.4, 0.5) is 11.5 Å². The molecule has 36 heavy (non-hydrogen) atoms. The van der Waals surface area contributed by atoms with E-state index in [1.807, 2.05) is 62.9 Å². The smallest absolute Gasteiger partial charge is 0.193 e. The van der Waals surface area contributed by atoms with Crippen LogP contribution >= 0.6 is 15.9 Å². The maximum atomic E-state index is 13.5. The molecule has 0 saturated carbocycles. The first-order valence-corrected chi connectivity index (χ1v) is 13.1. The highest BCUT2D eigenvalue weighted by atomic mass is 79.9. The van der Waals surface area contributed by atoms with Crippen molar-refractivity contribution >= 4 is 38.3 Å². The number of pyridine rings is 3. The molecule has 1 atom stereocenters. The van der Waals surface area contributed by atoms with Gasteiger partial charge in [-0.3, -0.25) is 14.7 Å². The van der Waals surface area contributed by atoms with E-state index in [-0.39, 0.29) is 11.5 Å². The predicted octanol–water partition coefficient (Wildman–Crippen LogP) is 4.65. The summed E-state index contributed by atoms with van der Waals surface area (Å²) in [6.45, 7) is 5.21. The van der Waals surface area contributed by atoms with Crippen LogP contribution in [0.3, 0.4) is 0 Å². The van der Waals surface area contributed by atoms with Crippen LogP contribution < -0.4 is 16.1 Å². The number of benzene rings is 1. The summed E-state index contributed by atoms with van der Waals surface area (Å²) in [5.74, 6) is 0.529. The Morgan fingerprint density at radius 2 is 2.00 bits per heavy atom. The van der Waals surface area contributed by atoms with E-state index in [1.54, 1.807) is 0 Å². The summed E-state index contributed by atoms with van der Waals surface area (Å²) in [7, 11) is 2.00. The summed E-state index contributed by atoms with van der Waals surface area (Å²) in [5, 5.41) is 0.746. The first-order chi connectivity index (χ1) is 17.4. The number of nitrogens with two attached hydrogens (primary N) is 1. The van der Waals surface area contributed by atoms with E-state index in [0.29, 0.717) is 12.4 Å². The van der Waals surface area contributed by atoms with E-state index in [9.17, 15) is 4.79 Å². The maximum Gasteiger partial charge on any atom is 0.193 e. The number of anilines is 2. The van der Waals surface area contributed by atoms with Gasteiger partial charge in [0.1, 0.15) is 5.82 Å². The number of aryl methyl sites for hydroxylation is 2. The Morgan fingerprint density at radius 1 is 1.14 bits per heavy atom. The van der Waals surface area contributed by atoms with Crippen molar-refractivity contribution in [3.63, 3.8) is 0 Å². The number of fused-ring (bicyclic) bond motifs is 1. The lowest BCUT2D eigenvalue weighted by atomic mass is 10.0. The van der Waals surface area contributed by atoms with Gasteiger partial charge >= 0.3 is 0 Å². The van der Waals surface area contributed by atoms with Crippen LogP contribution in [0, 0.1) is 6.92 Å². The predicted molar refractivity (Wildman–Crippen MR) is 149 cm³/mol. The third-order valence-corrected chi connectivity index (χ3v) is 7.49. The summed E-state index contributed by atoms with van der Waals surface area (Å²) in [4.78, 5) is 27.0. The molecule has 186 valence electrons. The van der Waals surface area contributed by atoms with Gasteiger partial charge in [-0.15, -0.1) is 0 Å². The summed E-state index contributed by atoms with van der Waals surface area (Å²) < 4.78 is 3.02.